The molecule has 0 heterocycles. The summed E-state index contributed by atoms with van der Waals surface area (Å²) in [7, 11) is -1.81. The molecule has 0 saturated carbocycles. The first-order valence-electron chi connectivity index (χ1n) is 7.66. The van der Waals surface area contributed by atoms with E-state index >= 15 is 0 Å². The summed E-state index contributed by atoms with van der Waals surface area (Å²) >= 11 is 0. The highest BCUT2D eigenvalue weighted by Gasteiger charge is 2.17. The van der Waals surface area contributed by atoms with Crippen molar-refractivity contribution < 1.29 is 17.9 Å². The number of hydrogen-bond acceptors (Lipinski definition) is 4. The first-order chi connectivity index (χ1) is 10.6. The van der Waals surface area contributed by atoms with Crippen LogP contribution in [0.3, 0.4) is 0 Å². The van der Waals surface area contributed by atoms with Crippen LogP contribution in [0.2, 0.25) is 0 Å². The molecule has 1 amide bonds. The molecule has 1 aromatic carbocycles. The highest BCUT2D eigenvalue weighted by molar-refractivity contribution is 7.92. The number of anilines is 1. The molecular formula is C16H26N2O4S. The smallest absolute Gasteiger partial charge is 0.260 e. The number of carbonyl (C=O) groups is 1. The first-order valence-corrected chi connectivity index (χ1v) is 9.51. The van der Waals surface area contributed by atoms with Crippen molar-refractivity contribution in [2.24, 2.45) is 0 Å². The van der Waals surface area contributed by atoms with Gasteiger partial charge in [-0.3, -0.25) is 9.10 Å². The van der Waals surface area contributed by atoms with Crippen molar-refractivity contribution in [1.82, 2.24) is 5.32 Å². The molecule has 2 atom stereocenters. The third kappa shape index (κ3) is 6.09. The van der Waals surface area contributed by atoms with Crippen LogP contribution in [-0.2, 0) is 14.8 Å². The maximum Gasteiger partial charge on any atom is 0.260 e. The number of benzene rings is 1. The van der Waals surface area contributed by atoms with Crippen molar-refractivity contribution in [2.75, 3.05) is 17.6 Å². The van der Waals surface area contributed by atoms with Gasteiger partial charge in [0.2, 0.25) is 10.0 Å². The molecule has 6 nitrogen and oxygen atoms in total. The van der Waals surface area contributed by atoms with E-state index in [-0.39, 0.29) is 11.9 Å². The van der Waals surface area contributed by atoms with Gasteiger partial charge in [-0.25, -0.2) is 8.42 Å². The lowest BCUT2D eigenvalue weighted by molar-refractivity contribution is -0.127. The number of nitrogens with one attached hydrogen (secondary N) is 1. The normalized spacial score (nSPS) is 14.0. The summed E-state index contributed by atoms with van der Waals surface area (Å²) in [5.41, 5.74) is 0.536. The van der Waals surface area contributed by atoms with E-state index in [1.54, 1.807) is 31.2 Å². The third-order valence-electron chi connectivity index (χ3n) is 3.49. The highest BCUT2D eigenvalue weighted by Crippen LogP contribution is 2.21. The number of carbonyl (C=O) groups excluding carboxylic acids is 1. The molecule has 0 fully saturated rings. The van der Waals surface area contributed by atoms with E-state index in [0.29, 0.717) is 11.4 Å². The second-order valence-corrected chi connectivity index (χ2v) is 7.70. The van der Waals surface area contributed by atoms with E-state index in [1.165, 1.54) is 11.4 Å². The molecule has 0 aromatic heterocycles. The molecule has 0 bridgehead atoms. The molecule has 0 unspecified atom stereocenters. The number of sulfonamides is 1. The molecule has 1 rings (SSSR count). The van der Waals surface area contributed by atoms with E-state index in [0.717, 1.165) is 19.1 Å². The highest BCUT2D eigenvalue weighted by atomic mass is 32.2. The zero-order chi connectivity index (χ0) is 17.6. The summed E-state index contributed by atoms with van der Waals surface area (Å²) in [5.74, 6) is 0.352. The molecule has 7 heteroatoms. The molecule has 0 spiro atoms. The third-order valence-corrected chi connectivity index (χ3v) is 4.70. The number of rotatable bonds is 8. The van der Waals surface area contributed by atoms with Crippen LogP contribution < -0.4 is 14.4 Å². The standard InChI is InChI=1S/C16H26N2O4S/c1-6-7-12(2)17-16(19)13(3)22-15-10-8-14(9-11-15)18(4)23(5,20)21/h8-13H,6-7H2,1-5H3,(H,17,19)/t12-,13-/m0/s1. The van der Waals surface area contributed by atoms with Crippen molar-refractivity contribution in [1.29, 1.82) is 0 Å². The van der Waals surface area contributed by atoms with Crippen LogP contribution in [0.5, 0.6) is 5.75 Å². The predicted molar refractivity (Wildman–Crippen MR) is 92.3 cm³/mol. The molecular weight excluding hydrogens is 316 g/mol. The van der Waals surface area contributed by atoms with Crippen molar-refractivity contribution >= 4 is 21.6 Å². The maximum atomic E-state index is 12.0. The summed E-state index contributed by atoms with van der Waals surface area (Å²) < 4.78 is 29.7. The summed E-state index contributed by atoms with van der Waals surface area (Å²) in [4.78, 5) is 12.0. The Morgan fingerprint density at radius 3 is 2.30 bits per heavy atom. The van der Waals surface area contributed by atoms with Crippen LogP contribution in [0.1, 0.15) is 33.6 Å². The van der Waals surface area contributed by atoms with Gasteiger partial charge in [-0.2, -0.15) is 0 Å². The number of nitrogens with zero attached hydrogens (tertiary/aromatic N) is 1. The first kappa shape index (κ1) is 19.3. The van der Waals surface area contributed by atoms with Gasteiger partial charge in [0.1, 0.15) is 5.75 Å². The Hall–Kier alpha value is -1.76. The second-order valence-electron chi connectivity index (χ2n) is 5.68. The number of ether oxygens (including phenoxy) is 1. The topological polar surface area (TPSA) is 75.7 Å². The zero-order valence-corrected chi connectivity index (χ0v) is 15.2. The van der Waals surface area contributed by atoms with Gasteiger partial charge in [-0.05, 0) is 44.5 Å². The molecule has 1 N–H and O–H groups in total. The van der Waals surface area contributed by atoms with Crippen LogP contribution in [0.25, 0.3) is 0 Å². The average molecular weight is 342 g/mol. The lowest BCUT2D eigenvalue weighted by atomic mass is 10.2. The van der Waals surface area contributed by atoms with Gasteiger partial charge in [0.05, 0.1) is 11.9 Å². The van der Waals surface area contributed by atoms with E-state index in [9.17, 15) is 13.2 Å². The van der Waals surface area contributed by atoms with Crippen LogP contribution in [0, 0.1) is 0 Å². The Morgan fingerprint density at radius 1 is 1.26 bits per heavy atom. The van der Waals surface area contributed by atoms with Crippen molar-refractivity contribution in [3.8, 4) is 5.75 Å². The minimum Gasteiger partial charge on any atom is -0.481 e. The van der Waals surface area contributed by atoms with Gasteiger partial charge in [0, 0.05) is 13.1 Å². The van der Waals surface area contributed by atoms with Gasteiger partial charge >= 0.3 is 0 Å². The molecule has 130 valence electrons. The molecule has 0 aliphatic carbocycles. The minimum atomic E-state index is -3.30. The monoisotopic (exact) mass is 342 g/mol. The second kappa shape index (κ2) is 8.19. The largest absolute Gasteiger partial charge is 0.481 e. The van der Waals surface area contributed by atoms with Gasteiger partial charge in [-0.15, -0.1) is 0 Å². The fourth-order valence-corrected chi connectivity index (χ4v) is 2.55. The Balaban J connectivity index is 2.66. The molecule has 0 radical (unpaired) electrons. The van der Waals surface area contributed by atoms with Crippen LogP contribution in [-0.4, -0.2) is 39.8 Å². The van der Waals surface area contributed by atoms with Crippen LogP contribution >= 0.6 is 0 Å². The fraction of sp³-hybridized carbons (Fsp3) is 0.562. The zero-order valence-electron chi connectivity index (χ0n) is 14.4. The summed E-state index contributed by atoms with van der Waals surface area (Å²) in [5, 5.41) is 2.90. The van der Waals surface area contributed by atoms with E-state index in [2.05, 4.69) is 12.2 Å². The quantitative estimate of drug-likeness (QED) is 0.785. The Kier molecular flexibility index (Phi) is 6.87. The SMILES string of the molecule is CCC[C@H](C)NC(=O)[C@H](C)Oc1ccc(N(C)S(C)(=O)=O)cc1. The molecule has 23 heavy (non-hydrogen) atoms. The predicted octanol–water partition coefficient (Wildman–Crippen LogP) is 2.15. The molecule has 1 aromatic rings. The molecule has 0 aliphatic rings. The van der Waals surface area contributed by atoms with E-state index < -0.39 is 16.1 Å². The summed E-state index contributed by atoms with van der Waals surface area (Å²) in [6.45, 7) is 5.71. The Labute approximate surface area is 138 Å². The van der Waals surface area contributed by atoms with Gasteiger partial charge in [0.15, 0.2) is 6.10 Å². The number of hydrogen-bond donors (Lipinski definition) is 1. The van der Waals surface area contributed by atoms with E-state index in [4.69, 9.17) is 4.74 Å². The van der Waals surface area contributed by atoms with Gasteiger partial charge < -0.3 is 10.1 Å². The fourth-order valence-electron chi connectivity index (χ4n) is 2.05. The minimum absolute atomic E-state index is 0.115. The summed E-state index contributed by atoms with van der Waals surface area (Å²) in [6, 6.07) is 6.69. The lowest BCUT2D eigenvalue weighted by Gasteiger charge is -2.19. The lowest BCUT2D eigenvalue weighted by Crippen LogP contribution is -2.41. The molecule has 0 saturated heterocycles. The molecule has 0 aliphatic heterocycles. The van der Waals surface area contributed by atoms with Crippen LogP contribution in [0.15, 0.2) is 24.3 Å². The van der Waals surface area contributed by atoms with Crippen LogP contribution in [0.4, 0.5) is 5.69 Å². The maximum absolute atomic E-state index is 12.0. The number of amides is 1. The summed E-state index contributed by atoms with van der Waals surface area (Å²) in [6.07, 6.45) is 2.45. The Bertz CT molecular complexity index is 613. The van der Waals surface area contributed by atoms with Crippen molar-refractivity contribution in [3.63, 3.8) is 0 Å². The van der Waals surface area contributed by atoms with Crippen molar-refractivity contribution in [2.45, 2.75) is 45.8 Å². The van der Waals surface area contributed by atoms with Gasteiger partial charge in [0.25, 0.3) is 5.91 Å². The Morgan fingerprint density at radius 2 is 1.83 bits per heavy atom. The van der Waals surface area contributed by atoms with E-state index in [1.807, 2.05) is 6.92 Å². The van der Waals surface area contributed by atoms with Gasteiger partial charge in [-0.1, -0.05) is 13.3 Å². The average Bonchev–Trinajstić information content (AvgIpc) is 2.46. The van der Waals surface area contributed by atoms with Crippen molar-refractivity contribution in [3.05, 3.63) is 24.3 Å².